The first kappa shape index (κ1) is 12.1. The highest BCUT2D eigenvalue weighted by Gasteiger charge is 2.06. The maximum Gasteiger partial charge on any atom is 0.303 e. The molecule has 1 amide bonds. The Labute approximate surface area is 92.7 Å². The number of nitrogens with zero attached hydrogens (tertiary/aromatic N) is 2. The molecule has 0 aliphatic heterocycles. The van der Waals surface area contributed by atoms with E-state index in [0.29, 0.717) is 19.4 Å². The summed E-state index contributed by atoms with van der Waals surface area (Å²) in [6.07, 6.45) is 4.28. The van der Waals surface area contributed by atoms with Gasteiger partial charge in [0, 0.05) is 25.4 Å². The molecule has 1 aromatic heterocycles. The van der Waals surface area contributed by atoms with Crippen LogP contribution in [0.3, 0.4) is 0 Å². The molecule has 0 saturated carbocycles. The normalized spacial score (nSPS) is 9.75. The van der Waals surface area contributed by atoms with Gasteiger partial charge in [0.25, 0.3) is 5.91 Å². The fourth-order valence-corrected chi connectivity index (χ4v) is 1.10. The number of carboxylic acid groups (broad SMARTS) is 1. The average molecular weight is 223 g/mol. The van der Waals surface area contributed by atoms with Gasteiger partial charge in [-0.25, -0.2) is 9.97 Å². The Morgan fingerprint density at radius 1 is 1.25 bits per heavy atom. The Morgan fingerprint density at radius 2 is 1.94 bits per heavy atom. The highest BCUT2D eigenvalue weighted by atomic mass is 16.4. The molecule has 0 atom stereocenters. The molecule has 0 spiro atoms. The predicted molar refractivity (Wildman–Crippen MR) is 55.9 cm³/mol. The molecule has 6 heteroatoms. The minimum Gasteiger partial charge on any atom is -0.481 e. The Hall–Kier alpha value is -1.98. The van der Waals surface area contributed by atoms with Crippen molar-refractivity contribution in [2.75, 3.05) is 6.54 Å². The van der Waals surface area contributed by atoms with E-state index in [2.05, 4.69) is 15.3 Å². The van der Waals surface area contributed by atoms with Gasteiger partial charge in [0.05, 0.1) is 0 Å². The van der Waals surface area contributed by atoms with Crippen LogP contribution in [0.15, 0.2) is 18.5 Å². The van der Waals surface area contributed by atoms with Gasteiger partial charge in [-0.05, 0) is 18.9 Å². The van der Waals surface area contributed by atoms with Crippen molar-refractivity contribution in [1.29, 1.82) is 0 Å². The minimum atomic E-state index is -0.822. The van der Waals surface area contributed by atoms with Gasteiger partial charge in [0.15, 0.2) is 0 Å². The van der Waals surface area contributed by atoms with E-state index in [4.69, 9.17) is 5.11 Å². The van der Waals surface area contributed by atoms with Gasteiger partial charge >= 0.3 is 5.97 Å². The summed E-state index contributed by atoms with van der Waals surface area (Å²) in [4.78, 5) is 29.2. The van der Waals surface area contributed by atoms with Crippen LogP contribution in [0.2, 0.25) is 0 Å². The molecule has 0 bridgehead atoms. The van der Waals surface area contributed by atoms with E-state index in [1.807, 2.05) is 0 Å². The van der Waals surface area contributed by atoms with Crippen molar-refractivity contribution in [3.8, 4) is 0 Å². The summed E-state index contributed by atoms with van der Waals surface area (Å²) >= 11 is 0. The number of carbonyl (C=O) groups excluding carboxylic acids is 1. The van der Waals surface area contributed by atoms with Crippen LogP contribution < -0.4 is 5.32 Å². The molecule has 0 aliphatic rings. The largest absolute Gasteiger partial charge is 0.481 e. The SMILES string of the molecule is O=C(O)CCCCNC(=O)c1ncccn1. The Balaban J connectivity index is 2.19. The first-order valence-electron chi connectivity index (χ1n) is 4.97. The number of aromatic nitrogens is 2. The monoisotopic (exact) mass is 223 g/mol. The van der Waals surface area contributed by atoms with Crippen molar-refractivity contribution >= 4 is 11.9 Å². The third-order valence-electron chi connectivity index (χ3n) is 1.87. The molecule has 1 heterocycles. The standard InChI is InChI=1S/C10H13N3O3/c14-8(15)4-1-2-5-13-10(16)9-11-6-3-7-12-9/h3,6-7H,1-2,4-5H2,(H,13,16)(H,14,15). The molecule has 0 aliphatic carbocycles. The van der Waals surface area contributed by atoms with Crippen LogP contribution in [-0.2, 0) is 4.79 Å². The Morgan fingerprint density at radius 3 is 2.56 bits per heavy atom. The van der Waals surface area contributed by atoms with E-state index in [9.17, 15) is 9.59 Å². The number of aliphatic carboxylic acids is 1. The highest BCUT2D eigenvalue weighted by Crippen LogP contribution is 1.94. The number of nitrogens with one attached hydrogen (secondary N) is 1. The van der Waals surface area contributed by atoms with E-state index < -0.39 is 5.97 Å². The van der Waals surface area contributed by atoms with E-state index in [1.54, 1.807) is 6.07 Å². The fourth-order valence-electron chi connectivity index (χ4n) is 1.10. The second kappa shape index (κ2) is 6.49. The lowest BCUT2D eigenvalue weighted by Gasteiger charge is -2.02. The summed E-state index contributed by atoms with van der Waals surface area (Å²) in [5, 5.41) is 11.0. The average Bonchev–Trinajstić information content (AvgIpc) is 2.29. The summed E-state index contributed by atoms with van der Waals surface area (Å²) in [6, 6.07) is 1.63. The molecule has 0 fully saturated rings. The molecule has 0 saturated heterocycles. The number of rotatable bonds is 6. The van der Waals surface area contributed by atoms with Crippen LogP contribution in [0.1, 0.15) is 29.9 Å². The van der Waals surface area contributed by atoms with Gasteiger partial charge in [0.1, 0.15) is 0 Å². The predicted octanol–water partition coefficient (Wildman–Crippen LogP) is 0.461. The van der Waals surface area contributed by atoms with Gasteiger partial charge in [-0.3, -0.25) is 9.59 Å². The number of hydrogen-bond acceptors (Lipinski definition) is 4. The molecule has 0 aromatic carbocycles. The number of hydrogen-bond donors (Lipinski definition) is 2. The summed E-state index contributed by atoms with van der Waals surface area (Å²) in [5.74, 6) is -1.03. The van der Waals surface area contributed by atoms with E-state index in [1.165, 1.54) is 12.4 Å². The highest BCUT2D eigenvalue weighted by molar-refractivity contribution is 5.90. The first-order valence-corrected chi connectivity index (χ1v) is 4.97. The van der Waals surface area contributed by atoms with E-state index in [-0.39, 0.29) is 18.2 Å². The quantitative estimate of drug-likeness (QED) is 0.683. The second-order valence-electron chi connectivity index (χ2n) is 3.18. The van der Waals surface area contributed by atoms with Crippen molar-refractivity contribution in [3.05, 3.63) is 24.3 Å². The zero-order chi connectivity index (χ0) is 11.8. The zero-order valence-corrected chi connectivity index (χ0v) is 8.72. The van der Waals surface area contributed by atoms with Gasteiger partial charge in [-0.2, -0.15) is 0 Å². The van der Waals surface area contributed by atoms with Crippen molar-refractivity contribution in [3.63, 3.8) is 0 Å². The van der Waals surface area contributed by atoms with Crippen molar-refractivity contribution in [2.45, 2.75) is 19.3 Å². The molecule has 1 aromatic rings. The number of amides is 1. The minimum absolute atomic E-state index is 0.123. The van der Waals surface area contributed by atoms with Crippen LogP contribution in [0.5, 0.6) is 0 Å². The molecule has 0 radical (unpaired) electrons. The van der Waals surface area contributed by atoms with E-state index in [0.717, 1.165) is 0 Å². The topological polar surface area (TPSA) is 92.2 Å². The Kier molecular flexibility index (Phi) is 4.91. The molecule has 6 nitrogen and oxygen atoms in total. The maximum absolute atomic E-state index is 11.4. The molecular formula is C10H13N3O3. The summed E-state index contributed by atoms with van der Waals surface area (Å²) in [7, 11) is 0. The van der Waals surface area contributed by atoms with Crippen molar-refractivity contribution < 1.29 is 14.7 Å². The molecule has 1 rings (SSSR count). The molecular weight excluding hydrogens is 210 g/mol. The van der Waals surface area contributed by atoms with Crippen LogP contribution >= 0.6 is 0 Å². The van der Waals surface area contributed by atoms with Gasteiger partial charge in [-0.15, -0.1) is 0 Å². The molecule has 86 valence electrons. The third-order valence-corrected chi connectivity index (χ3v) is 1.87. The van der Waals surface area contributed by atoms with E-state index >= 15 is 0 Å². The molecule has 0 unspecified atom stereocenters. The van der Waals surface area contributed by atoms with Gasteiger partial charge in [-0.1, -0.05) is 0 Å². The summed E-state index contributed by atoms with van der Waals surface area (Å²) in [5.41, 5.74) is 0. The van der Waals surface area contributed by atoms with Crippen molar-refractivity contribution in [2.24, 2.45) is 0 Å². The van der Waals surface area contributed by atoms with Crippen LogP contribution in [0.4, 0.5) is 0 Å². The molecule has 2 N–H and O–H groups in total. The molecule has 16 heavy (non-hydrogen) atoms. The summed E-state index contributed by atoms with van der Waals surface area (Å²) in [6.45, 7) is 0.435. The number of carbonyl (C=O) groups is 2. The van der Waals surface area contributed by atoms with Crippen LogP contribution in [0, 0.1) is 0 Å². The van der Waals surface area contributed by atoms with Gasteiger partial charge < -0.3 is 10.4 Å². The number of carboxylic acids is 1. The van der Waals surface area contributed by atoms with Crippen LogP contribution in [-0.4, -0.2) is 33.5 Å². The first-order chi connectivity index (χ1) is 7.70. The van der Waals surface area contributed by atoms with Gasteiger partial charge in [0.2, 0.25) is 5.82 Å². The third kappa shape index (κ3) is 4.50. The second-order valence-corrected chi connectivity index (χ2v) is 3.18. The maximum atomic E-state index is 11.4. The zero-order valence-electron chi connectivity index (χ0n) is 8.72. The summed E-state index contributed by atoms with van der Waals surface area (Å²) < 4.78 is 0. The number of unbranched alkanes of at least 4 members (excludes halogenated alkanes) is 1. The van der Waals surface area contributed by atoms with Crippen LogP contribution in [0.25, 0.3) is 0 Å². The smallest absolute Gasteiger partial charge is 0.303 e. The lowest BCUT2D eigenvalue weighted by Crippen LogP contribution is -2.26. The Bertz CT molecular complexity index is 354. The lowest BCUT2D eigenvalue weighted by molar-refractivity contribution is -0.137. The lowest BCUT2D eigenvalue weighted by atomic mass is 10.2. The fraction of sp³-hybridized carbons (Fsp3) is 0.400. The van der Waals surface area contributed by atoms with Crippen molar-refractivity contribution in [1.82, 2.24) is 15.3 Å².